The number of thiazole rings is 1. The van der Waals surface area contributed by atoms with Gasteiger partial charge >= 0.3 is 0 Å². The van der Waals surface area contributed by atoms with E-state index in [9.17, 15) is 9.18 Å². The number of aromatic nitrogens is 1. The first-order valence-corrected chi connectivity index (χ1v) is 7.32. The van der Waals surface area contributed by atoms with E-state index in [4.69, 9.17) is 0 Å². The fraction of sp³-hybridized carbons (Fsp3) is 0.125. The number of benzene rings is 2. The van der Waals surface area contributed by atoms with Crippen molar-refractivity contribution in [1.82, 2.24) is 4.57 Å². The first-order chi connectivity index (χ1) is 10.1. The molecule has 0 atom stereocenters. The molecule has 0 saturated carbocycles. The van der Waals surface area contributed by atoms with Crippen LogP contribution in [0.5, 0.6) is 0 Å². The van der Waals surface area contributed by atoms with E-state index in [1.54, 1.807) is 18.2 Å². The quantitative estimate of drug-likeness (QED) is 0.716. The standard InChI is InChI=1S/C16H13FN2OS/c1-19-13-8-4-5-9-14(13)21-16(19)18-15(20)10-11-6-2-3-7-12(11)17/h2-9H,10H2,1H3. The van der Waals surface area contributed by atoms with Gasteiger partial charge in [-0.05, 0) is 23.8 Å². The summed E-state index contributed by atoms with van der Waals surface area (Å²) in [5.41, 5.74) is 1.40. The van der Waals surface area contributed by atoms with Crippen molar-refractivity contribution < 1.29 is 9.18 Å². The van der Waals surface area contributed by atoms with Gasteiger partial charge in [-0.2, -0.15) is 4.99 Å². The summed E-state index contributed by atoms with van der Waals surface area (Å²) in [4.78, 5) is 16.8. The molecule has 0 spiro atoms. The van der Waals surface area contributed by atoms with Crippen molar-refractivity contribution in [3.8, 4) is 0 Å². The van der Waals surface area contributed by atoms with Crippen LogP contribution >= 0.6 is 11.3 Å². The number of halogens is 1. The van der Waals surface area contributed by atoms with Crippen LogP contribution in [-0.4, -0.2) is 10.5 Å². The molecule has 0 aliphatic rings. The predicted octanol–water partition coefficient (Wildman–Crippen LogP) is 3.05. The summed E-state index contributed by atoms with van der Waals surface area (Å²) in [6, 6.07) is 14.1. The Bertz CT molecular complexity index is 879. The van der Waals surface area contributed by atoms with Crippen LogP contribution in [0, 0.1) is 5.82 Å². The summed E-state index contributed by atoms with van der Waals surface area (Å²) in [6.45, 7) is 0. The van der Waals surface area contributed by atoms with Crippen molar-refractivity contribution in [2.45, 2.75) is 6.42 Å². The maximum absolute atomic E-state index is 13.5. The molecule has 5 heteroatoms. The van der Waals surface area contributed by atoms with Gasteiger partial charge in [-0.3, -0.25) is 4.79 Å². The van der Waals surface area contributed by atoms with Crippen molar-refractivity contribution in [3.63, 3.8) is 0 Å². The number of fused-ring (bicyclic) bond motifs is 1. The van der Waals surface area contributed by atoms with Crippen LogP contribution in [0.25, 0.3) is 10.2 Å². The van der Waals surface area contributed by atoms with E-state index < -0.39 is 0 Å². The van der Waals surface area contributed by atoms with Crippen LogP contribution in [0.2, 0.25) is 0 Å². The number of rotatable bonds is 2. The summed E-state index contributed by atoms with van der Waals surface area (Å²) < 4.78 is 16.5. The second kappa shape index (κ2) is 5.61. The molecule has 3 rings (SSSR count). The summed E-state index contributed by atoms with van der Waals surface area (Å²) in [6.07, 6.45) is -0.0269. The Balaban J connectivity index is 1.95. The largest absolute Gasteiger partial charge is 0.319 e. The lowest BCUT2D eigenvalue weighted by atomic mass is 10.1. The minimum atomic E-state index is -0.373. The molecule has 0 bridgehead atoms. The van der Waals surface area contributed by atoms with Crippen molar-refractivity contribution in [3.05, 3.63) is 64.7 Å². The minimum absolute atomic E-state index is 0.0269. The zero-order valence-corrected chi connectivity index (χ0v) is 12.2. The smallest absolute Gasteiger partial charge is 0.252 e. The van der Waals surface area contributed by atoms with Gasteiger partial charge in [0.25, 0.3) is 5.91 Å². The summed E-state index contributed by atoms with van der Waals surface area (Å²) in [5, 5.41) is 0. The zero-order chi connectivity index (χ0) is 14.8. The SMILES string of the molecule is Cn1c(=NC(=O)Cc2ccccc2F)sc2ccccc21. The number of para-hydroxylation sites is 1. The van der Waals surface area contributed by atoms with E-state index >= 15 is 0 Å². The number of carbonyl (C=O) groups excluding carboxylic acids is 1. The molecular weight excluding hydrogens is 287 g/mol. The summed E-state index contributed by atoms with van der Waals surface area (Å²) in [5.74, 6) is -0.718. The third-order valence-electron chi connectivity index (χ3n) is 3.23. The lowest BCUT2D eigenvalue weighted by Crippen LogP contribution is -2.14. The lowest BCUT2D eigenvalue weighted by molar-refractivity contribution is -0.117. The van der Waals surface area contributed by atoms with Crippen LogP contribution in [0.4, 0.5) is 4.39 Å². The molecule has 21 heavy (non-hydrogen) atoms. The van der Waals surface area contributed by atoms with Gasteiger partial charge in [0.15, 0.2) is 4.80 Å². The number of aryl methyl sites for hydroxylation is 1. The highest BCUT2D eigenvalue weighted by molar-refractivity contribution is 7.16. The van der Waals surface area contributed by atoms with E-state index in [1.165, 1.54) is 17.4 Å². The highest BCUT2D eigenvalue weighted by atomic mass is 32.1. The molecule has 1 amide bonds. The normalized spacial score (nSPS) is 12.0. The van der Waals surface area contributed by atoms with Crippen LogP contribution in [0.1, 0.15) is 5.56 Å². The molecule has 0 aliphatic heterocycles. The molecule has 3 aromatic rings. The van der Waals surface area contributed by atoms with Gasteiger partial charge in [0, 0.05) is 7.05 Å². The van der Waals surface area contributed by atoms with Crippen molar-refractivity contribution in [2.75, 3.05) is 0 Å². The highest BCUT2D eigenvalue weighted by Gasteiger charge is 2.08. The molecule has 1 aromatic heterocycles. The molecule has 2 aromatic carbocycles. The number of hydrogen-bond acceptors (Lipinski definition) is 2. The van der Waals surface area contributed by atoms with E-state index in [1.807, 2.05) is 35.9 Å². The number of amides is 1. The second-order valence-corrected chi connectivity index (χ2v) is 5.69. The monoisotopic (exact) mass is 300 g/mol. The molecule has 0 unspecified atom stereocenters. The molecule has 0 saturated heterocycles. The zero-order valence-electron chi connectivity index (χ0n) is 11.4. The van der Waals surface area contributed by atoms with Crippen molar-refractivity contribution in [1.29, 1.82) is 0 Å². The van der Waals surface area contributed by atoms with E-state index in [-0.39, 0.29) is 18.1 Å². The van der Waals surface area contributed by atoms with Gasteiger partial charge in [0.1, 0.15) is 5.82 Å². The Labute approximate surface area is 125 Å². The van der Waals surface area contributed by atoms with Gasteiger partial charge in [0.2, 0.25) is 0 Å². The maximum Gasteiger partial charge on any atom is 0.252 e. The highest BCUT2D eigenvalue weighted by Crippen LogP contribution is 2.15. The average molecular weight is 300 g/mol. The number of nitrogens with zero attached hydrogens (tertiary/aromatic N) is 2. The van der Waals surface area contributed by atoms with E-state index in [0.29, 0.717) is 10.4 Å². The molecule has 1 heterocycles. The van der Waals surface area contributed by atoms with Gasteiger partial charge in [-0.1, -0.05) is 41.7 Å². The van der Waals surface area contributed by atoms with Crippen LogP contribution in [0.15, 0.2) is 53.5 Å². The Morgan fingerprint density at radius 1 is 1.19 bits per heavy atom. The predicted molar refractivity (Wildman–Crippen MR) is 81.5 cm³/mol. The Hall–Kier alpha value is -2.27. The van der Waals surface area contributed by atoms with Crippen LogP contribution < -0.4 is 4.80 Å². The van der Waals surface area contributed by atoms with Gasteiger partial charge in [-0.25, -0.2) is 4.39 Å². The number of carbonyl (C=O) groups is 1. The average Bonchev–Trinajstić information content (AvgIpc) is 2.78. The molecule has 0 radical (unpaired) electrons. The fourth-order valence-corrected chi connectivity index (χ4v) is 3.17. The van der Waals surface area contributed by atoms with E-state index in [2.05, 4.69) is 4.99 Å². The molecule has 0 aliphatic carbocycles. The van der Waals surface area contributed by atoms with Crippen LogP contribution in [0.3, 0.4) is 0 Å². The van der Waals surface area contributed by atoms with Crippen molar-refractivity contribution in [2.24, 2.45) is 12.0 Å². The maximum atomic E-state index is 13.5. The molecule has 3 nitrogen and oxygen atoms in total. The first kappa shape index (κ1) is 13.7. The fourth-order valence-electron chi connectivity index (χ4n) is 2.14. The van der Waals surface area contributed by atoms with Crippen LogP contribution in [-0.2, 0) is 18.3 Å². The Morgan fingerprint density at radius 3 is 2.67 bits per heavy atom. The third kappa shape index (κ3) is 2.78. The first-order valence-electron chi connectivity index (χ1n) is 6.50. The number of hydrogen-bond donors (Lipinski definition) is 0. The Morgan fingerprint density at radius 2 is 1.90 bits per heavy atom. The topological polar surface area (TPSA) is 34.4 Å². The molecule has 0 fully saturated rings. The van der Waals surface area contributed by atoms with Gasteiger partial charge < -0.3 is 4.57 Å². The van der Waals surface area contributed by atoms with Gasteiger partial charge in [0.05, 0.1) is 16.6 Å². The Kier molecular flexibility index (Phi) is 3.66. The lowest BCUT2D eigenvalue weighted by Gasteiger charge is -1.98. The molecule has 106 valence electrons. The second-order valence-electron chi connectivity index (χ2n) is 4.69. The van der Waals surface area contributed by atoms with Gasteiger partial charge in [-0.15, -0.1) is 0 Å². The summed E-state index contributed by atoms with van der Waals surface area (Å²) in [7, 11) is 1.87. The molecule has 0 N–H and O–H groups in total. The third-order valence-corrected chi connectivity index (χ3v) is 4.35. The molecular formula is C16H13FN2OS. The van der Waals surface area contributed by atoms with E-state index in [0.717, 1.165) is 10.2 Å². The minimum Gasteiger partial charge on any atom is -0.319 e. The van der Waals surface area contributed by atoms with Crippen molar-refractivity contribution >= 4 is 27.5 Å². The summed E-state index contributed by atoms with van der Waals surface area (Å²) >= 11 is 1.45.